The zero-order valence-corrected chi connectivity index (χ0v) is 19.6. The van der Waals surface area contributed by atoms with E-state index in [9.17, 15) is 9.18 Å². The highest BCUT2D eigenvalue weighted by atomic mass is 35.5. The lowest BCUT2D eigenvalue weighted by molar-refractivity contribution is -0.113. The zero-order chi connectivity index (χ0) is 23.2. The van der Waals surface area contributed by atoms with Crippen molar-refractivity contribution in [1.82, 2.24) is 9.97 Å². The summed E-state index contributed by atoms with van der Waals surface area (Å²) in [6.45, 7) is 3.20. The molecular weight excluding hydrogens is 465 g/mol. The van der Waals surface area contributed by atoms with Gasteiger partial charge in [-0.25, -0.2) is 14.4 Å². The lowest BCUT2D eigenvalue weighted by atomic mass is 10.2. The summed E-state index contributed by atoms with van der Waals surface area (Å²) in [6, 6.07) is 13.5. The van der Waals surface area contributed by atoms with E-state index in [-0.39, 0.29) is 17.5 Å². The second kappa shape index (κ2) is 10.7. The summed E-state index contributed by atoms with van der Waals surface area (Å²) in [5.41, 5.74) is 1.61. The Kier molecular flexibility index (Phi) is 7.51. The number of piperazine rings is 1. The number of methoxy groups -OCH3 is 1. The van der Waals surface area contributed by atoms with Gasteiger partial charge < -0.3 is 19.9 Å². The van der Waals surface area contributed by atoms with Crippen LogP contribution >= 0.6 is 23.4 Å². The van der Waals surface area contributed by atoms with Crippen molar-refractivity contribution in [2.24, 2.45) is 0 Å². The van der Waals surface area contributed by atoms with Crippen LogP contribution in [0.2, 0.25) is 5.02 Å². The van der Waals surface area contributed by atoms with E-state index in [2.05, 4.69) is 25.1 Å². The van der Waals surface area contributed by atoms with Crippen molar-refractivity contribution < 1.29 is 13.9 Å². The van der Waals surface area contributed by atoms with Crippen LogP contribution in [0.5, 0.6) is 5.75 Å². The Bertz CT molecular complexity index is 1110. The highest BCUT2D eigenvalue weighted by molar-refractivity contribution is 7.99. The fourth-order valence-electron chi connectivity index (χ4n) is 3.49. The van der Waals surface area contributed by atoms with E-state index in [0.717, 1.165) is 37.7 Å². The number of rotatable bonds is 7. The molecule has 4 rings (SSSR count). The normalized spacial score (nSPS) is 13.7. The van der Waals surface area contributed by atoms with Crippen LogP contribution in [-0.4, -0.2) is 54.9 Å². The number of ether oxygens (including phenoxy) is 1. The summed E-state index contributed by atoms with van der Waals surface area (Å²) in [5, 5.41) is 3.78. The van der Waals surface area contributed by atoms with Gasteiger partial charge in [0.2, 0.25) is 5.91 Å². The van der Waals surface area contributed by atoms with Crippen LogP contribution < -0.4 is 19.9 Å². The van der Waals surface area contributed by atoms with Crippen molar-refractivity contribution in [3.05, 3.63) is 65.6 Å². The second-order valence-corrected chi connectivity index (χ2v) is 8.68. The third kappa shape index (κ3) is 6.06. The molecule has 1 amide bonds. The molecule has 0 bridgehead atoms. The molecule has 33 heavy (non-hydrogen) atoms. The van der Waals surface area contributed by atoms with Crippen molar-refractivity contribution in [2.45, 2.75) is 5.16 Å². The summed E-state index contributed by atoms with van der Waals surface area (Å²) >= 11 is 7.38. The van der Waals surface area contributed by atoms with Gasteiger partial charge in [-0.05, 0) is 48.5 Å². The monoisotopic (exact) mass is 487 g/mol. The Hall–Kier alpha value is -3.04. The summed E-state index contributed by atoms with van der Waals surface area (Å²) in [6.07, 6.45) is 1.71. The number of aromatic nitrogens is 2. The molecule has 2 heterocycles. The van der Waals surface area contributed by atoms with Gasteiger partial charge in [0.25, 0.3) is 0 Å². The first-order chi connectivity index (χ1) is 16.0. The first kappa shape index (κ1) is 23.1. The molecule has 1 saturated heterocycles. The molecule has 1 aromatic heterocycles. The SMILES string of the molecule is COc1ccc(NC(=O)CSc2nccc(N3CCN(c4ccc(F)cc4)CC3)n2)cc1Cl. The predicted molar refractivity (Wildman–Crippen MR) is 130 cm³/mol. The second-order valence-electron chi connectivity index (χ2n) is 7.33. The van der Waals surface area contributed by atoms with Crippen LogP contribution in [0.15, 0.2) is 59.9 Å². The first-order valence-electron chi connectivity index (χ1n) is 10.4. The first-order valence-corrected chi connectivity index (χ1v) is 11.7. The summed E-state index contributed by atoms with van der Waals surface area (Å²) < 4.78 is 18.3. The Morgan fingerprint density at radius 3 is 2.55 bits per heavy atom. The number of thioether (sulfide) groups is 1. The average molecular weight is 488 g/mol. The van der Waals surface area contributed by atoms with Crippen molar-refractivity contribution >= 4 is 46.5 Å². The fourth-order valence-corrected chi connectivity index (χ4v) is 4.38. The number of amides is 1. The third-order valence-corrected chi connectivity index (χ3v) is 6.34. The molecule has 1 aliphatic rings. The molecule has 10 heteroatoms. The molecule has 3 aromatic rings. The Morgan fingerprint density at radius 2 is 1.85 bits per heavy atom. The molecule has 0 saturated carbocycles. The van der Waals surface area contributed by atoms with Crippen LogP contribution in [0.4, 0.5) is 21.6 Å². The highest BCUT2D eigenvalue weighted by Crippen LogP contribution is 2.27. The van der Waals surface area contributed by atoms with Crippen LogP contribution in [0.25, 0.3) is 0 Å². The van der Waals surface area contributed by atoms with Crippen molar-refractivity contribution in [3.63, 3.8) is 0 Å². The molecular formula is C23H23ClFN5O2S. The van der Waals surface area contributed by atoms with Gasteiger partial charge in [-0.3, -0.25) is 4.79 Å². The molecule has 1 N–H and O–H groups in total. The number of hydrogen-bond acceptors (Lipinski definition) is 7. The number of hydrogen-bond donors (Lipinski definition) is 1. The summed E-state index contributed by atoms with van der Waals surface area (Å²) in [7, 11) is 1.54. The minimum atomic E-state index is -0.232. The van der Waals surface area contributed by atoms with Crippen LogP contribution in [0.1, 0.15) is 0 Å². The van der Waals surface area contributed by atoms with Gasteiger partial charge in [0.15, 0.2) is 5.16 Å². The largest absolute Gasteiger partial charge is 0.495 e. The number of anilines is 3. The third-order valence-electron chi connectivity index (χ3n) is 5.18. The zero-order valence-electron chi connectivity index (χ0n) is 18.0. The number of benzene rings is 2. The molecule has 172 valence electrons. The van der Waals surface area contributed by atoms with E-state index in [1.165, 1.54) is 31.0 Å². The van der Waals surface area contributed by atoms with E-state index in [4.69, 9.17) is 16.3 Å². The summed E-state index contributed by atoms with van der Waals surface area (Å²) in [4.78, 5) is 25.6. The number of carbonyl (C=O) groups excluding carboxylic acids is 1. The standard InChI is InChI=1S/C23H23ClFN5O2S/c1-32-20-7-4-17(14-19(20)24)27-22(31)15-33-23-26-9-8-21(28-23)30-12-10-29(11-13-30)18-5-2-16(25)3-6-18/h2-9,14H,10-13,15H2,1H3,(H,27,31). The lowest BCUT2D eigenvalue weighted by Crippen LogP contribution is -2.46. The topological polar surface area (TPSA) is 70.6 Å². The van der Waals surface area contributed by atoms with Gasteiger partial charge in [0, 0.05) is 43.8 Å². The molecule has 1 fully saturated rings. The Morgan fingerprint density at radius 1 is 1.12 bits per heavy atom. The van der Waals surface area contributed by atoms with Crippen molar-refractivity contribution in [3.8, 4) is 5.75 Å². The number of nitrogens with zero attached hydrogens (tertiary/aromatic N) is 4. The van der Waals surface area contributed by atoms with E-state index < -0.39 is 0 Å². The number of carbonyl (C=O) groups is 1. The average Bonchev–Trinajstić information content (AvgIpc) is 2.84. The number of halogens is 2. The van der Waals surface area contributed by atoms with E-state index >= 15 is 0 Å². The predicted octanol–water partition coefficient (Wildman–Crippen LogP) is 4.34. The molecule has 0 atom stereocenters. The maximum Gasteiger partial charge on any atom is 0.234 e. The van der Waals surface area contributed by atoms with Crippen LogP contribution in [0.3, 0.4) is 0 Å². The summed E-state index contributed by atoms with van der Waals surface area (Å²) in [5.74, 6) is 1.14. The van der Waals surface area contributed by atoms with Gasteiger partial charge in [0.05, 0.1) is 17.9 Å². The van der Waals surface area contributed by atoms with E-state index in [0.29, 0.717) is 21.6 Å². The maximum absolute atomic E-state index is 13.2. The van der Waals surface area contributed by atoms with Gasteiger partial charge in [0.1, 0.15) is 17.4 Å². The molecule has 2 aromatic carbocycles. The molecule has 1 aliphatic heterocycles. The number of nitrogens with one attached hydrogen (secondary N) is 1. The maximum atomic E-state index is 13.2. The Labute approximate surface area is 200 Å². The Balaban J connectivity index is 1.29. The molecule has 0 aliphatic carbocycles. The van der Waals surface area contributed by atoms with Crippen LogP contribution in [-0.2, 0) is 4.79 Å². The highest BCUT2D eigenvalue weighted by Gasteiger charge is 2.19. The quantitative estimate of drug-likeness (QED) is 0.392. The van der Waals surface area contributed by atoms with Gasteiger partial charge in [-0.2, -0.15) is 0 Å². The van der Waals surface area contributed by atoms with Crippen molar-refractivity contribution in [1.29, 1.82) is 0 Å². The minimum absolute atomic E-state index is 0.172. The van der Waals surface area contributed by atoms with Gasteiger partial charge >= 0.3 is 0 Å². The van der Waals surface area contributed by atoms with Gasteiger partial charge in [-0.15, -0.1) is 0 Å². The molecule has 0 radical (unpaired) electrons. The fraction of sp³-hybridized carbons (Fsp3) is 0.261. The molecule has 7 nitrogen and oxygen atoms in total. The van der Waals surface area contributed by atoms with Crippen LogP contribution in [0, 0.1) is 5.82 Å². The van der Waals surface area contributed by atoms with Gasteiger partial charge in [-0.1, -0.05) is 23.4 Å². The molecule has 0 unspecified atom stereocenters. The smallest absolute Gasteiger partial charge is 0.234 e. The van der Waals surface area contributed by atoms with E-state index in [1.807, 2.05) is 6.07 Å². The van der Waals surface area contributed by atoms with E-state index in [1.54, 1.807) is 36.5 Å². The minimum Gasteiger partial charge on any atom is -0.495 e. The van der Waals surface area contributed by atoms with Crippen molar-refractivity contribution in [2.75, 3.05) is 54.2 Å². The molecule has 0 spiro atoms. The lowest BCUT2D eigenvalue weighted by Gasteiger charge is -2.36.